The summed E-state index contributed by atoms with van der Waals surface area (Å²) in [5.41, 5.74) is 6.05. The third kappa shape index (κ3) is 2.91. The van der Waals surface area contributed by atoms with Crippen molar-refractivity contribution >= 4 is 15.7 Å². The number of aromatic nitrogens is 2. The molecule has 3 N–H and O–H groups in total. The van der Waals surface area contributed by atoms with Crippen LogP contribution in [0.4, 0.5) is 5.69 Å². The maximum absolute atomic E-state index is 12.2. The number of benzene rings is 1. The quantitative estimate of drug-likeness (QED) is 0.782. The van der Waals surface area contributed by atoms with Crippen LogP contribution < -0.4 is 15.2 Å². The van der Waals surface area contributed by atoms with Crippen LogP contribution in [0.2, 0.25) is 0 Å². The Morgan fingerprint density at radius 2 is 2.20 bits per heavy atom. The van der Waals surface area contributed by atoms with Gasteiger partial charge >= 0.3 is 0 Å². The van der Waals surface area contributed by atoms with E-state index in [4.69, 9.17) is 10.5 Å². The molecule has 108 valence electrons. The summed E-state index contributed by atoms with van der Waals surface area (Å²) >= 11 is 0. The van der Waals surface area contributed by atoms with Crippen LogP contribution in [0.15, 0.2) is 35.5 Å². The number of anilines is 1. The zero-order valence-electron chi connectivity index (χ0n) is 11.2. The van der Waals surface area contributed by atoms with Crippen LogP contribution in [0, 0.1) is 0 Å². The van der Waals surface area contributed by atoms with Crippen LogP contribution in [0.25, 0.3) is 0 Å². The molecule has 0 aliphatic rings. The molecule has 0 amide bonds. The SMILES string of the molecule is COc1cc(S(=O)(=O)NCc2nccn2C)ccc1N. The van der Waals surface area contributed by atoms with Crippen molar-refractivity contribution in [1.29, 1.82) is 0 Å². The summed E-state index contributed by atoms with van der Waals surface area (Å²) in [5.74, 6) is 0.945. The molecule has 8 heteroatoms. The van der Waals surface area contributed by atoms with Crippen molar-refractivity contribution in [2.24, 2.45) is 7.05 Å². The van der Waals surface area contributed by atoms with Crippen molar-refractivity contribution in [3.63, 3.8) is 0 Å². The number of nitrogens with two attached hydrogens (primary N) is 1. The highest BCUT2D eigenvalue weighted by Gasteiger charge is 2.16. The van der Waals surface area contributed by atoms with Crippen LogP contribution >= 0.6 is 0 Å². The largest absolute Gasteiger partial charge is 0.495 e. The molecular weight excluding hydrogens is 280 g/mol. The molecule has 20 heavy (non-hydrogen) atoms. The molecule has 0 spiro atoms. The van der Waals surface area contributed by atoms with E-state index in [2.05, 4.69) is 9.71 Å². The zero-order valence-corrected chi connectivity index (χ0v) is 12.0. The summed E-state index contributed by atoms with van der Waals surface area (Å²) in [4.78, 5) is 4.15. The first-order valence-electron chi connectivity index (χ1n) is 5.83. The Kier molecular flexibility index (Phi) is 3.96. The summed E-state index contributed by atoms with van der Waals surface area (Å²) < 4.78 is 33.6. The summed E-state index contributed by atoms with van der Waals surface area (Å²) in [6.45, 7) is 0.110. The van der Waals surface area contributed by atoms with Crippen molar-refractivity contribution < 1.29 is 13.2 Å². The van der Waals surface area contributed by atoms with E-state index in [9.17, 15) is 8.42 Å². The molecule has 0 saturated carbocycles. The van der Waals surface area contributed by atoms with E-state index in [0.717, 1.165) is 0 Å². The van der Waals surface area contributed by atoms with Gasteiger partial charge in [0.15, 0.2) is 0 Å². The highest BCUT2D eigenvalue weighted by atomic mass is 32.2. The summed E-state index contributed by atoms with van der Waals surface area (Å²) in [7, 11) is -0.413. The maximum Gasteiger partial charge on any atom is 0.241 e. The maximum atomic E-state index is 12.2. The van der Waals surface area contributed by atoms with Gasteiger partial charge in [-0.3, -0.25) is 0 Å². The second-order valence-electron chi connectivity index (χ2n) is 4.18. The van der Waals surface area contributed by atoms with Gasteiger partial charge in [0.05, 0.1) is 24.2 Å². The number of imidazole rings is 1. The number of rotatable bonds is 5. The molecule has 1 aromatic carbocycles. The zero-order chi connectivity index (χ0) is 14.8. The van der Waals surface area contributed by atoms with Gasteiger partial charge in [-0.1, -0.05) is 0 Å². The predicted octanol–water partition coefficient (Wildman–Crippen LogP) is 0.489. The number of ether oxygens (including phenoxy) is 1. The number of nitrogens with zero attached hydrogens (tertiary/aromatic N) is 2. The Balaban J connectivity index is 2.20. The van der Waals surface area contributed by atoms with Crippen LogP contribution in [-0.2, 0) is 23.6 Å². The van der Waals surface area contributed by atoms with Gasteiger partial charge in [-0.2, -0.15) is 0 Å². The average molecular weight is 296 g/mol. The first-order valence-corrected chi connectivity index (χ1v) is 7.32. The normalized spacial score (nSPS) is 11.5. The van der Waals surface area contributed by atoms with Gasteiger partial charge in [0, 0.05) is 25.5 Å². The molecule has 1 heterocycles. The van der Waals surface area contributed by atoms with E-state index in [1.807, 2.05) is 0 Å². The van der Waals surface area contributed by atoms with Gasteiger partial charge in [-0.15, -0.1) is 0 Å². The number of nitrogens with one attached hydrogen (secondary N) is 1. The molecule has 0 aliphatic carbocycles. The van der Waals surface area contributed by atoms with Crippen LogP contribution in [0.5, 0.6) is 5.75 Å². The Labute approximate surface area is 117 Å². The van der Waals surface area contributed by atoms with Crippen LogP contribution in [0.3, 0.4) is 0 Å². The fourth-order valence-electron chi connectivity index (χ4n) is 1.67. The number of nitrogen functional groups attached to an aromatic ring is 1. The molecule has 0 fully saturated rings. The van der Waals surface area contributed by atoms with Gasteiger partial charge in [0.2, 0.25) is 10.0 Å². The lowest BCUT2D eigenvalue weighted by Crippen LogP contribution is -2.24. The Morgan fingerprint density at radius 1 is 1.45 bits per heavy atom. The number of hydrogen-bond acceptors (Lipinski definition) is 5. The first kappa shape index (κ1) is 14.4. The Hall–Kier alpha value is -2.06. The van der Waals surface area contributed by atoms with E-state index in [1.165, 1.54) is 25.3 Å². The lowest BCUT2D eigenvalue weighted by atomic mass is 10.3. The van der Waals surface area contributed by atoms with Crippen LogP contribution in [-0.4, -0.2) is 25.1 Å². The minimum atomic E-state index is -3.64. The van der Waals surface area contributed by atoms with Crippen molar-refractivity contribution in [3.05, 3.63) is 36.4 Å². The van der Waals surface area contributed by atoms with E-state index in [-0.39, 0.29) is 11.4 Å². The van der Waals surface area contributed by atoms with Gasteiger partial charge in [-0.25, -0.2) is 18.1 Å². The van der Waals surface area contributed by atoms with Crippen molar-refractivity contribution in [3.8, 4) is 5.75 Å². The lowest BCUT2D eigenvalue weighted by Gasteiger charge is -2.09. The smallest absolute Gasteiger partial charge is 0.241 e. The number of hydrogen-bond donors (Lipinski definition) is 2. The number of sulfonamides is 1. The van der Waals surface area contributed by atoms with E-state index in [1.54, 1.807) is 24.0 Å². The molecule has 0 saturated heterocycles. The van der Waals surface area contributed by atoms with Gasteiger partial charge < -0.3 is 15.0 Å². The van der Waals surface area contributed by atoms with Crippen LogP contribution in [0.1, 0.15) is 5.82 Å². The number of aryl methyl sites for hydroxylation is 1. The molecule has 0 bridgehead atoms. The van der Waals surface area contributed by atoms with E-state index >= 15 is 0 Å². The summed E-state index contributed by atoms with van der Waals surface area (Å²) in [6.07, 6.45) is 3.35. The van der Waals surface area contributed by atoms with Crippen molar-refractivity contribution in [2.75, 3.05) is 12.8 Å². The third-order valence-electron chi connectivity index (χ3n) is 2.86. The second kappa shape index (κ2) is 5.51. The third-order valence-corrected chi connectivity index (χ3v) is 4.26. The van der Waals surface area contributed by atoms with E-state index in [0.29, 0.717) is 17.3 Å². The van der Waals surface area contributed by atoms with Crippen molar-refractivity contribution in [1.82, 2.24) is 14.3 Å². The first-order chi connectivity index (χ1) is 9.44. The molecule has 0 aliphatic heterocycles. The second-order valence-corrected chi connectivity index (χ2v) is 5.95. The predicted molar refractivity (Wildman–Crippen MR) is 74.6 cm³/mol. The fraction of sp³-hybridized carbons (Fsp3) is 0.250. The Bertz CT molecular complexity index is 709. The molecule has 0 atom stereocenters. The summed E-state index contributed by atoms with van der Waals surface area (Å²) in [6, 6.07) is 4.31. The minimum Gasteiger partial charge on any atom is -0.495 e. The standard InChI is InChI=1S/C12H16N4O3S/c1-16-6-5-14-12(16)8-15-20(17,18)9-3-4-10(13)11(7-9)19-2/h3-7,15H,8,13H2,1-2H3. The van der Waals surface area contributed by atoms with Crippen molar-refractivity contribution in [2.45, 2.75) is 11.4 Å². The average Bonchev–Trinajstić information content (AvgIpc) is 2.82. The number of methoxy groups -OCH3 is 1. The highest BCUT2D eigenvalue weighted by molar-refractivity contribution is 7.89. The van der Waals surface area contributed by atoms with Gasteiger partial charge in [0.25, 0.3) is 0 Å². The molecule has 2 aromatic rings. The van der Waals surface area contributed by atoms with Gasteiger partial charge in [0.1, 0.15) is 11.6 Å². The molecular formula is C12H16N4O3S. The van der Waals surface area contributed by atoms with E-state index < -0.39 is 10.0 Å². The lowest BCUT2D eigenvalue weighted by molar-refractivity contribution is 0.415. The highest BCUT2D eigenvalue weighted by Crippen LogP contribution is 2.24. The minimum absolute atomic E-state index is 0.0951. The fourth-order valence-corrected chi connectivity index (χ4v) is 2.66. The molecule has 7 nitrogen and oxygen atoms in total. The Morgan fingerprint density at radius 3 is 2.80 bits per heavy atom. The molecule has 0 radical (unpaired) electrons. The topological polar surface area (TPSA) is 99.2 Å². The monoisotopic (exact) mass is 296 g/mol. The van der Waals surface area contributed by atoms with Gasteiger partial charge in [-0.05, 0) is 12.1 Å². The summed E-state index contributed by atoms with van der Waals surface area (Å²) in [5, 5.41) is 0. The molecule has 2 rings (SSSR count). The molecule has 1 aromatic heterocycles. The molecule has 0 unspecified atom stereocenters.